The van der Waals surface area contributed by atoms with E-state index in [0.29, 0.717) is 6.42 Å². The van der Waals surface area contributed by atoms with Gasteiger partial charge in [0.1, 0.15) is 0 Å². The molecule has 0 saturated carbocycles. The maximum atomic E-state index is 11.3. The SMILES string of the molecule is CC1(C)OB(C2=CCCC(=O)C=C2)OC1(C)C. The quantitative estimate of drug-likeness (QED) is 0.654. The van der Waals surface area contributed by atoms with Crippen LogP contribution in [0.4, 0.5) is 0 Å². The molecule has 0 amide bonds. The Balaban J connectivity index is 2.18. The topological polar surface area (TPSA) is 35.5 Å². The van der Waals surface area contributed by atoms with Crippen molar-refractivity contribution in [3.05, 3.63) is 23.7 Å². The van der Waals surface area contributed by atoms with E-state index in [0.717, 1.165) is 11.9 Å². The van der Waals surface area contributed by atoms with Crippen LogP contribution in [0.25, 0.3) is 0 Å². The van der Waals surface area contributed by atoms with Crippen LogP contribution >= 0.6 is 0 Å². The van der Waals surface area contributed by atoms with Crippen LogP contribution in [-0.4, -0.2) is 24.1 Å². The first-order valence-electron chi connectivity index (χ1n) is 6.08. The van der Waals surface area contributed by atoms with E-state index in [9.17, 15) is 4.79 Å². The fraction of sp³-hybridized carbons (Fsp3) is 0.615. The number of carbonyl (C=O) groups is 1. The van der Waals surface area contributed by atoms with E-state index in [1.165, 1.54) is 0 Å². The molecule has 0 spiro atoms. The molecule has 1 saturated heterocycles. The first-order chi connectivity index (χ1) is 7.82. The highest BCUT2D eigenvalue weighted by Crippen LogP contribution is 2.38. The van der Waals surface area contributed by atoms with Gasteiger partial charge in [-0.2, -0.15) is 0 Å². The maximum absolute atomic E-state index is 11.3. The Hall–Kier alpha value is -0.865. The summed E-state index contributed by atoms with van der Waals surface area (Å²) in [7, 11) is -0.359. The van der Waals surface area contributed by atoms with Crippen molar-refractivity contribution in [1.82, 2.24) is 0 Å². The first-order valence-corrected chi connectivity index (χ1v) is 6.08. The lowest BCUT2D eigenvalue weighted by Gasteiger charge is -2.32. The summed E-state index contributed by atoms with van der Waals surface area (Å²) in [5.74, 6) is 0.160. The van der Waals surface area contributed by atoms with Gasteiger partial charge in [0.2, 0.25) is 0 Å². The number of carbonyl (C=O) groups excluding carboxylic acids is 1. The Morgan fingerprint density at radius 3 is 2.29 bits per heavy atom. The lowest BCUT2D eigenvalue weighted by molar-refractivity contribution is -0.114. The van der Waals surface area contributed by atoms with Gasteiger partial charge in [-0.25, -0.2) is 0 Å². The molecule has 0 N–H and O–H groups in total. The molecule has 1 aliphatic heterocycles. The summed E-state index contributed by atoms with van der Waals surface area (Å²) in [6.45, 7) is 8.11. The van der Waals surface area contributed by atoms with Crippen LogP contribution < -0.4 is 0 Å². The van der Waals surface area contributed by atoms with Crippen molar-refractivity contribution in [2.75, 3.05) is 0 Å². The van der Waals surface area contributed by atoms with E-state index in [2.05, 4.69) is 0 Å². The zero-order chi connectivity index (χ0) is 12.7. The van der Waals surface area contributed by atoms with Crippen molar-refractivity contribution in [2.24, 2.45) is 0 Å². The van der Waals surface area contributed by atoms with Crippen molar-refractivity contribution >= 4 is 12.9 Å². The lowest BCUT2D eigenvalue weighted by Crippen LogP contribution is -2.41. The van der Waals surface area contributed by atoms with Crippen LogP contribution in [0.15, 0.2) is 23.7 Å². The minimum absolute atomic E-state index is 0.160. The standard InChI is InChI=1S/C13H19BO3/c1-12(2)13(3,4)17-14(16-12)10-6-5-7-11(15)9-8-10/h6,8-9H,5,7H2,1-4H3. The zero-order valence-corrected chi connectivity index (χ0v) is 10.9. The van der Waals surface area contributed by atoms with Gasteiger partial charge in [-0.3, -0.25) is 4.79 Å². The molecule has 0 atom stereocenters. The molecule has 3 nitrogen and oxygen atoms in total. The van der Waals surface area contributed by atoms with Crippen LogP contribution in [0, 0.1) is 0 Å². The summed E-state index contributed by atoms with van der Waals surface area (Å²) in [4.78, 5) is 11.3. The molecular weight excluding hydrogens is 215 g/mol. The Morgan fingerprint density at radius 2 is 1.71 bits per heavy atom. The average molecular weight is 234 g/mol. The van der Waals surface area contributed by atoms with Crippen molar-refractivity contribution in [1.29, 1.82) is 0 Å². The summed E-state index contributed by atoms with van der Waals surface area (Å²) >= 11 is 0. The highest BCUT2D eigenvalue weighted by molar-refractivity contribution is 6.55. The average Bonchev–Trinajstić information content (AvgIpc) is 2.39. The van der Waals surface area contributed by atoms with E-state index >= 15 is 0 Å². The number of hydrogen-bond acceptors (Lipinski definition) is 3. The van der Waals surface area contributed by atoms with Crippen molar-refractivity contribution in [2.45, 2.75) is 51.7 Å². The molecule has 0 radical (unpaired) electrons. The summed E-state index contributed by atoms with van der Waals surface area (Å²) in [6.07, 6.45) is 6.79. The summed E-state index contributed by atoms with van der Waals surface area (Å²) in [6, 6.07) is 0. The molecule has 1 aliphatic carbocycles. The molecule has 0 unspecified atom stereocenters. The minimum Gasteiger partial charge on any atom is -0.399 e. The summed E-state index contributed by atoms with van der Waals surface area (Å²) in [5.41, 5.74) is 0.292. The van der Waals surface area contributed by atoms with Gasteiger partial charge in [-0.15, -0.1) is 0 Å². The lowest BCUT2D eigenvalue weighted by atomic mass is 9.77. The molecule has 0 aromatic carbocycles. The van der Waals surface area contributed by atoms with Gasteiger partial charge in [0.25, 0.3) is 0 Å². The number of ketones is 1. The predicted octanol–water partition coefficient (Wildman–Crippen LogP) is 2.46. The van der Waals surface area contributed by atoms with Gasteiger partial charge < -0.3 is 9.31 Å². The van der Waals surface area contributed by atoms with Gasteiger partial charge >= 0.3 is 7.12 Å². The second kappa shape index (κ2) is 4.11. The molecule has 0 aromatic rings. The highest BCUT2D eigenvalue weighted by Gasteiger charge is 2.51. The predicted molar refractivity (Wildman–Crippen MR) is 67.5 cm³/mol. The Morgan fingerprint density at radius 1 is 1.12 bits per heavy atom. The van der Waals surface area contributed by atoms with Crippen molar-refractivity contribution in [3.8, 4) is 0 Å². The first kappa shape index (κ1) is 12.6. The molecule has 0 bridgehead atoms. The molecular formula is C13H19BO3. The van der Waals surface area contributed by atoms with Gasteiger partial charge in [-0.05, 0) is 45.7 Å². The van der Waals surface area contributed by atoms with Crippen LogP contribution in [-0.2, 0) is 14.1 Å². The van der Waals surface area contributed by atoms with Gasteiger partial charge in [0, 0.05) is 6.42 Å². The second-order valence-electron chi connectivity index (χ2n) is 5.63. The second-order valence-corrected chi connectivity index (χ2v) is 5.63. The molecule has 2 aliphatic rings. The minimum atomic E-state index is -0.359. The van der Waals surface area contributed by atoms with Gasteiger partial charge in [0.15, 0.2) is 5.78 Å². The van der Waals surface area contributed by atoms with Crippen LogP contribution in [0.5, 0.6) is 0 Å². The van der Waals surface area contributed by atoms with E-state index in [-0.39, 0.29) is 24.1 Å². The normalized spacial score (nSPS) is 26.9. The zero-order valence-electron chi connectivity index (χ0n) is 10.9. The highest BCUT2D eigenvalue weighted by atomic mass is 16.7. The van der Waals surface area contributed by atoms with Crippen LogP contribution in [0.3, 0.4) is 0 Å². The molecule has 1 fully saturated rings. The van der Waals surface area contributed by atoms with Crippen molar-refractivity contribution < 1.29 is 14.1 Å². The molecule has 92 valence electrons. The Bertz CT molecular complexity index is 377. The van der Waals surface area contributed by atoms with Crippen LogP contribution in [0.1, 0.15) is 40.5 Å². The fourth-order valence-electron chi connectivity index (χ4n) is 1.88. The largest absolute Gasteiger partial charge is 0.494 e. The molecule has 4 heteroatoms. The molecule has 1 heterocycles. The van der Waals surface area contributed by atoms with E-state index in [4.69, 9.17) is 9.31 Å². The Labute approximate surface area is 103 Å². The molecule has 17 heavy (non-hydrogen) atoms. The number of rotatable bonds is 1. The van der Waals surface area contributed by atoms with Crippen LogP contribution in [0.2, 0.25) is 0 Å². The van der Waals surface area contributed by atoms with E-state index in [1.807, 2.05) is 39.8 Å². The third-order valence-electron chi connectivity index (χ3n) is 3.76. The molecule has 0 aromatic heterocycles. The van der Waals surface area contributed by atoms with Crippen molar-refractivity contribution in [3.63, 3.8) is 0 Å². The third-order valence-corrected chi connectivity index (χ3v) is 3.76. The number of hydrogen-bond donors (Lipinski definition) is 0. The van der Waals surface area contributed by atoms with E-state index in [1.54, 1.807) is 6.08 Å². The molecule has 2 rings (SSSR count). The summed E-state index contributed by atoms with van der Waals surface area (Å²) < 4.78 is 11.9. The fourth-order valence-corrected chi connectivity index (χ4v) is 1.88. The monoisotopic (exact) mass is 234 g/mol. The van der Waals surface area contributed by atoms with E-state index < -0.39 is 0 Å². The van der Waals surface area contributed by atoms with Gasteiger partial charge in [-0.1, -0.05) is 12.2 Å². The van der Waals surface area contributed by atoms with Gasteiger partial charge in [0.05, 0.1) is 11.2 Å². The third kappa shape index (κ3) is 2.38. The summed E-state index contributed by atoms with van der Waals surface area (Å²) in [5, 5.41) is 0. The maximum Gasteiger partial charge on any atom is 0.494 e. The Kier molecular flexibility index (Phi) is 3.04. The smallest absolute Gasteiger partial charge is 0.399 e. The number of allylic oxidation sites excluding steroid dienone is 4.